The van der Waals surface area contributed by atoms with E-state index in [2.05, 4.69) is 21.4 Å². The predicted molar refractivity (Wildman–Crippen MR) is 96.9 cm³/mol. The molecule has 0 bridgehead atoms. The Morgan fingerprint density at radius 3 is 2.92 bits per heavy atom. The molecule has 0 saturated carbocycles. The van der Waals surface area contributed by atoms with Crippen molar-refractivity contribution in [3.8, 4) is 18.1 Å². The molecule has 2 aromatic rings. The van der Waals surface area contributed by atoms with Crippen molar-refractivity contribution in [1.29, 1.82) is 0 Å². The van der Waals surface area contributed by atoms with Crippen LogP contribution in [0.2, 0.25) is 0 Å². The van der Waals surface area contributed by atoms with Gasteiger partial charge in [0, 0.05) is 17.1 Å². The number of nitrogens with zero attached hydrogens (tertiary/aromatic N) is 2. The molecule has 0 aliphatic carbocycles. The molecule has 0 radical (unpaired) electrons. The SMILES string of the molecule is C#Cc1cnc2ccc(OC(CC)C(=O)NC(C)(C)C=NO)cc2c1. The van der Waals surface area contributed by atoms with Crippen molar-refractivity contribution in [3.63, 3.8) is 0 Å². The summed E-state index contributed by atoms with van der Waals surface area (Å²) >= 11 is 0. The third-order valence-corrected chi connectivity index (χ3v) is 3.59. The van der Waals surface area contributed by atoms with Crippen LogP contribution in [0.25, 0.3) is 10.9 Å². The Balaban J connectivity index is 2.19. The molecule has 0 fully saturated rings. The van der Waals surface area contributed by atoms with E-state index in [1.165, 1.54) is 6.21 Å². The maximum Gasteiger partial charge on any atom is 0.261 e. The van der Waals surface area contributed by atoms with E-state index in [9.17, 15) is 4.79 Å². The molecule has 6 nitrogen and oxygen atoms in total. The number of ether oxygens (including phenoxy) is 1. The number of fused-ring (bicyclic) bond motifs is 1. The molecule has 25 heavy (non-hydrogen) atoms. The minimum atomic E-state index is -0.780. The van der Waals surface area contributed by atoms with Crippen molar-refractivity contribution in [3.05, 3.63) is 36.0 Å². The Morgan fingerprint density at radius 2 is 2.28 bits per heavy atom. The fourth-order valence-corrected chi connectivity index (χ4v) is 2.32. The van der Waals surface area contributed by atoms with E-state index < -0.39 is 11.6 Å². The highest BCUT2D eigenvalue weighted by Gasteiger charge is 2.25. The average Bonchev–Trinajstić information content (AvgIpc) is 2.58. The van der Waals surface area contributed by atoms with Crippen LogP contribution < -0.4 is 10.1 Å². The molecule has 1 atom stereocenters. The summed E-state index contributed by atoms with van der Waals surface area (Å²) in [6.07, 6.45) is 8.10. The fourth-order valence-electron chi connectivity index (χ4n) is 2.32. The summed E-state index contributed by atoms with van der Waals surface area (Å²) in [5.41, 5.74) is 0.695. The van der Waals surface area contributed by atoms with Crippen LogP contribution in [0.1, 0.15) is 32.8 Å². The summed E-state index contributed by atoms with van der Waals surface area (Å²) in [6.45, 7) is 5.30. The number of rotatable bonds is 6. The van der Waals surface area contributed by atoms with Gasteiger partial charge in [-0.2, -0.15) is 0 Å². The molecule has 0 aliphatic heterocycles. The van der Waals surface area contributed by atoms with Crippen molar-refractivity contribution in [2.45, 2.75) is 38.8 Å². The van der Waals surface area contributed by atoms with Gasteiger partial charge >= 0.3 is 0 Å². The Kier molecular flexibility index (Phi) is 5.60. The zero-order valence-corrected chi connectivity index (χ0v) is 14.5. The maximum absolute atomic E-state index is 12.4. The van der Waals surface area contributed by atoms with E-state index in [0.717, 1.165) is 10.9 Å². The Labute approximate surface area is 146 Å². The number of pyridine rings is 1. The van der Waals surface area contributed by atoms with E-state index in [0.29, 0.717) is 17.7 Å². The Hall–Kier alpha value is -3.07. The number of carbonyl (C=O) groups is 1. The third-order valence-electron chi connectivity index (χ3n) is 3.59. The van der Waals surface area contributed by atoms with Crippen molar-refractivity contribution >= 4 is 23.0 Å². The van der Waals surface area contributed by atoms with Gasteiger partial charge in [0.05, 0.1) is 17.3 Å². The van der Waals surface area contributed by atoms with Gasteiger partial charge in [-0.05, 0) is 44.5 Å². The smallest absolute Gasteiger partial charge is 0.261 e. The summed E-state index contributed by atoms with van der Waals surface area (Å²) in [7, 11) is 0. The zero-order chi connectivity index (χ0) is 18.4. The number of terminal acetylenes is 1. The fraction of sp³-hybridized carbons (Fsp3) is 0.316. The third kappa shape index (κ3) is 4.70. The molecule has 0 saturated heterocycles. The highest BCUT2D eigenvalue weighted by atomic mass is 16.5. The minimum Gasteiger partial charge on any atom is -0.481 e. The molecule has 0 aliphatic rings. The van der Waals surface area contributed by atoms with Gasteiger partial charge in [-0.3, -0.25) is 9.78 Å². The van der Waals surface area contributed by atoms with Gasteiger partial charge in [0.2, 0.25) is 0 Å². The van der Waals surface area contributed by atoms with E-state index in [-0.39, 0.29) is 5.91 Å². The van der Waals surface area contributed by atoms with Gasteiger partial charge in [-0.15, -0.1) is 6.42 Å². The number of hydrogen-bond donors (Lipinski definition) is 2. The molecule has 1 unspecified atom stereocenters. The van der Waals surface area contributed by atoms with Gasteiger partial charge in [0.15, 0.2) is 6.10 Å². The summed E-state index contributed by atoms with van der Waals surface area (Å²) in [5, 5.41) is 15.2. The summed E-state index contributed by atoms with van der Waals surface area (Å²) in [5.74, 6) is 2.81. The molecule has 2 rings (SSSR count). The molecule has 1 heterocycles. The summed E-state index contributed by atoms with van der Waals surface area (Å²) in [6, 6.07) is 7.23. The molecule has 6 heteroatoms. The van der Waals surface area contributed by atoms with Gasteiger partial charge in [-0.25, -0.2) is 0 Å². The Morgan fingerprint density at radius 1 is 1.52 bits per heavy atom. The second-order valence-corrected chi connectivity index (χ2v) is 6.19. The van der Waals surface area contributed by atoms with E-state index >= 15 is 0 Å². The molecule has 1 aromatic heterocycles. The van der Waals surface area contributed by atoms with E-state index in [4.69, 9.17) is 16.4 Å². The number of benzene rings is 1. The highest BCUT2D eigenvalue weighted by molar-refractivity contribution is 5.86. The van der Waals surface area contributed by atoms with Crippen LogP contribution in [-0.2, 0) is 4.79 Å². The van der Waals surface area contributed by atoms with Crippen LogP contribution in [0.3, 0.4) is 0 Å². The molecular weight excluding hydrogens is 318 g/mol. The number of nitrogens with one attached hydrogen (secondary N) is 1. The zero-order valence-electron chi connectivity index (χ0n) is 14.5. The van der Waals surface area contributed by atoms with E-state index in [1.807, 2.05) is 19.1 Å². The predicted octanol–water partition coefficient (Wildman–Crippen LogP) is 2.73. The first-order valence-electron chi connectivity index (χ1n) is 7.92. The molecular formula is C19H21N3O3. The highest BCUT2D eigenvalue weighted by Crippen LogP contribution is 2.22. The van der Waals surface area contributed by atoms with Crippen LogP contribution in [0.4, 0.5) is 0 Å². The van der Waals surface area contributed by atoms with Gasteiger partial charge in [0.25, 0.3) is 5.91 Å². The molecule has 1 amide bonds. The standard InChI is InChI=1S/C19H21N3O3/c1-5-13-9-14-10-15(7-8-16(14)20-11-13)25-17(6-2)18(23)22-19(3,4)12-21-24/h1,7-12,17,24H,6H2,2-4H3,(H,22,23). The minimum absolute atomic E-state index is 0.289. The lowest BCUT2D eigenvalue weighted by Gasteiger charge is -2.24. The lowest BCUT2D eigenvalue weighted by atomic mass is 10.1. The van der Waals surface area contributed by atoms with Crippen molar-refractivity contribution in [2.24, 2.45) is 5.16 Å². The number of aromatic nitrogens is 1. The monoisotopic (exact) mass is 339 g/mol. The lowest BCUT2D eigenvalue weighted by Crippen LogP contribution is -2.50. The quantitative estimate of drug-likeness (QED) is 0.367. The number of hydrogen-bond acceptors (Lipinski definition) is 5. The van der Waals surface area contributed by atoms with Crippen LogP contribution in [0.15, 0.2) is 35.6 Å². The maximum atomic E-state index is 12.4. The first-order valence-corrected chi connectivity index (χ1v) is 7.92. The first kappa shape index (κ1) is 18.3. The number of carbonyl (C=O) groups excluding carboxylic acids is 1. The van der Waals surface area contributed by atoms with Gasteiger partial charge in [-0.1, -0.05) is 18.0 Å². The van der Waals surface area contributed by atoms with Crippen LogP contribution in [-0.4, -0.2) is 34.0 Å². The number of amides is 1. The molecule has 0 spiro atoms. The second kappa shape index (κ2) is 7.67. The molecule has 130 valence electrons. The number of oxime groups is 1. The van der Waals surface area contributed by atoms with Crippen LogP contribution in [0, 0.1) is 12.3 Å². The molecule has 2 N–H and O–H groups in total. The summed E-state index contributed by atoms with van der Waals surface area (Å²) in [4.78, 5) is 16.7. The van der Waals surface area contributed by atoms with Gasteiger partial charge < -0.3 is 15.3 Å². The van der Waals surface area contributed by atoms with Crippen molar-refractivity contribution in [2.75, 3.05) is 0 Å². The largest absolute Gasteiger partial charge is 0.481 e. The van der Waals surface area contributed by atoms with Crippen LogP contribution >= 0.6 is 0 Å². The summed E-state index contributed by atoms with van der Waals surface area (Å²) < 4.78 is 5.83. The first-order chi connectivity index (χ1) is 11.9. The lowest BCUT2D eigenvalue weighted by molar-refractivity contribution is -0.129. The van der Waals surface area contributed by atoms with Crippen molar-refractivity contribution < 1.29 is 14.7 Å². The second-order valence-electron chi connectivity index (χ2n) is 6.19. The topological polar surface area (TPSA) is 83.8 Å². The van der Waals surface area contributed by atoms with Crippen molar-refractivity contribution in [1.82, 2.24) is 10.3 Å². The average molecular weight is 339 g/mol. The van der Waals surface area contributed by atoms with Crippen LogP contribution in [0.5, 0.6) is 5.75 Å². The van der Waals surface area contributed by atoms with E-state index in [1.54, 1.807) is 32.2 Å². The normalized spacial score (nSPS) is 12.7. The van der Waals surface area contributed by atoms with Gasteiger partial charge in [0.1, 0.15) is 5.75 Å². The molecule has 1 aromatic carbocycles. The Bertz CT molecular complexity index is 837.